The molecule has 21 heavy (non-hydrogen) atoms. The van der Waals surface area contributed by atoms with Crippen molar-refractivity contribution < 1.29 is 23.1 Å². The van der Waals surface area contributed by atoms with Crippen LogP contribution in [-0.2, 0) is 14.8 Å². The second-order valence-electron chi connectivity index (χ2n) is 4.30. The molecular formula is C12H17N3O5S. The number of nitrogens with two attached hydrogens (primary N) is 1. The molecular weight excluding hydrogens is 298 g/mol. The number of aliphatic carboxylic acids is 1. The van der Waals surface area contributed by atoms with Gasteiger partial charge in [0.1, 0.15) is 0 Å². The number of nitrogens with one attached hydrogen (secondary N) is 2. The fourth-order valence-corrected chi connectivity index (χ4v) is 2.14. The van der Waals surface area contributed by atoms with Crippen LogP contribution in [0.4, 0.5) is 4.79 Å². The molecule has 9 heteroatoms. The Balaban J connectivity index is 2.49. The first kappa shape index (κ1) is 16.9. The Bertz CT molecular complexity index is 588. The van der Waals surface area contributed by atoms with E-state index in [1.807, 2.05) is 0 Å². The molecule has 0 aromatic heterocycles. The number of urea groups is 1. The van der Waals surface area contributed by atoms with Crippen molar-refractivity contribution in [2.45, 2.75) is 12.5 Å². The first-order valence-electron chi connectivity index (χ1n) is 6.12. The Morgan fingerprint density at radius 3 is 2.38 bits per heavy atom. The maximum absolute atomic E-state index is 11.6. The Labute approximate surface area is 122 Å². The SMILES string of the molecule is NS(=O)(=O)CCCNC(=O)N[C@H](C(=O)O)c1ccccc1. The molecule has 116 valence electrons. The van der Waals surface area contributed by atoms with Gasteiger partial charge in [-0.25, -0.2) is 23.1 Å². The maximum atomic E-state index is 11.6. The number of sulfonamides is 1. The van der Waals surface area contributed by atoms with Crippen LogP contribution in [0.15, 0.2) is 30.3 Å². The summed E-state index contributed by atoms with van der Waals surface area (Å²) in [7, 11) is -3.57. The molecule has 1 atom stereocenters. The molecule has 0 heterocycles. The third-order valence-electron chi connectivity index (χ3n) is 2.55. The summed E-state index contributed by atoms with van der Waals surface area (Å²) in [5.74, 6) is -1.45. The Hall–Kier alpha value is -2.13. The summed E-state index contributed by atoms with van der Waals surface area (Å²) in [5.41, 5.74) is 0.435. The molecule has 0 spiro atoms. The topological polar surface area (TPSA) is 139 Å². The van der Waals surface area contributed by atoms with Crippen LogP contribution in [0.25, 0.3) is 0 Å². The molecule has 1 aromatic rings. The van der Waals surface area contributed by atoms with Gasteiger partial charge in [0.2, 0.25) is 10.0 Å². The molecule has 0 aliphatic heterocycles. The summed E-state index contributed by atoms with van der Waals surface area (Å²) in [6.45, 7) is 0.0728. The smallest absolute Gasteiger partial charge is 0.330 e. The van der Waals surface area contributed by atoms with Crippen LogP contribution in [0.2, 0.25) is 0 Å². The summed E-state index contributed by atoms with van der Waals surface area (Å²) >= 11 is 0. The number of rotatable bonds is 7. The fraction of sp³-hybridized carbons (Fsp3) is 0.333. The van der Waals surface area contributed by atoms with Crippen molar-refractivity contribution in [2.24, 2.45) is 5.14 Å². The van der Waals surface area contributed by atoms with E-state index in [-0.39, 0.29) is 18.7 Å². The van der Waals surface area contributed by atoms with Gasteiger partial charge in [-0.3, -0.25) is 0 Å². The predicted molar refractivity (Wildman–Crippen MR) is 75.9 cm³/mol. The largest absolute Gasteiger partial charge is 0.479 e. The van der Waals surface area contributed by atoms with Gasteiger partial charge in [0.05, 0.1) is 5.75 Å². The number of primary sulfonamides is 1. The molecule has 2 amide bonds. The number of amides is 2. The molecule has 8 nitrogen and oxygen atoms in total. The van der Waals surface area contributed by atoms with Crippen LogP contribution >= 0.6 is 0 Å². The zero-order chi connectivity index (χ0) is 15.9. The first-order chi connectivity index (χ1) is 9.79. The van der Waals surface area contributed by atoms with Crippen molar-refractivity contribution in [1.29, 1.82) is 0 Å². The third kappa shape index (κ3) is 6.72. The zero-order valence-corrected chi connectivity index (χ0v) is 12.0. The van der Waals surface area contributed by atoms with Crippen molar-refractivity contribution in [3.63, 3.8) is 0 Å². The van der Waals surface area contributed by atoms with E-state index in [9.17, 15) is 18.0 Å². The number of carboxylic acids is 1. The van der Waals surface area contributed by atoms with E-state index in [0.29, 0.717) is 5.56 Å². The standard InChI is InChI=1S/C12H17N3O5S/c13-21(19,20)8-4-7-14-12(18)15-10(11(16)17)9-5-2-1-3-6-9/h1-3,5-6,10H,4,7-8H2,(H,16,17)(H2,13,19,20)(H2,14,15,18)/t10-/m0/s1. The monoisotopic (exact) mass is 315 g/mol. The maximum Gasteiger partial charge on any atom is 0.330 e. The summed E-state index contributed by atoms with van der Waals surface area (Å²) in [4.78, 5) is 22.7. The van der Waals surface area contributed by atoms with Gasteiger partial charge in [-0.1, -0.05) is 30.3 Å². The highest BCUT2D eigenvalue weighted by molar-refractivity contribution is 7.89. The highest BCUT2D eigenvalue weighted by Gasteiger charge is 2.21. The van der Waals surface area contributed by atoms with E-state index in [4.69, 9.17) is 10.2 Å². The van der Waals surface area contributed by atoms with Gasteiger partial charge in [0, 0.05) is 6.54 Å². The summed E-state index contributed by atoms with van der Waals surface area (Å²) in [6.07, 6.45) is 0.148. The van der Waals surface area contributed by atoms with E-state index < -0.39 is 28.1 Å². The summed E-state index contributed by atoms with van der Waals surface area (Å²) in [6, 6.07) is 6.36. The second-order valence-corrected chi connectivity index (χ2v) is 6.04. The molecule has 1 rings (SSSR count). The lowest BCUT2D eigenvalue weighted by Crippen LogP contribution is -2.41. The van der Waals surface area contributed by atoms with Crippen LogP contribution in [0, 0.1) is 0 Å². The molecule has 0 unspecified atom stereocenters. The first-order valence-corrected chi connectivity index (χ1v) is 7.84. The van der Waals surface area contributed by atoms with E-state index in [1.54, 1.807) is 30.3 Å². The lowest BCUT2D eigenvalue weighted by Gasteiger charge is -2.15. The highest BCUT2D eigenvalue weighted by Crippen LogP contribution is 2.12. The van der Waals surface area contributed by atoms with Gasteiger partial charge in [-0.05, 0) is 12.0 Å². The van der Waals surface area contributed by atoms with Gasteiger partial charge < -0.3 is 15.7 Å². The zero-order valence-electron chi connectivity index (χ0n) is 11.2. The quantitative estimate of drug-likeness (QED) is 0.516. The third-order valence-corrected chi connectivity index (χ3v) is 3.40. The molecule has 0 bridgehead atoms. The molecule has 0 aliphatic rings. The molecule has 0 radical (unpaired) electrons. The number of benzene rings is 1. The number of hydrogen-bond donors (Lipinski definition) is 4. The molecule has 1 aromatic carbocycles. The molecule has 0 fully saturated rings. The minimum atomic E-state index is -3.57. The average Bonchev–Trinajstić information content (AvgIpc) is 2.40. The van der Waals surface area contributed by atoms with Gasteiger partial charge in [0.25, 0.3) is 0 Å². The number of carbonyl (C=O) groups excluding carboxylic acids is 1. The van der Waals surface area contributed by atoms with Crippen molar-refractivity contribution in [1.82, 2.24) is 10.6 Å². The lowest BCUT2D eigenvalue weighted by atomic mass is 10.1. The van der Waals surface area contributed by atoms with E-state index in [1.165, 1.54) is 0 Å². The molecule has 0 saturated heterocycles. The van der Waals surface area contributed by atoms with Crippen LogP contribution < -0.4 is 15.8 Å². The van der Waals surface area contributed by atoms with Crippen molar-refractivity contribution in [3.05, 3.63) is 35.9 Å². The molecule has 5 N–H and O–H groups in total. The Kier molecular flexibility index (Phi) is 6.12. The number of carboxylic acid groups (broad SMARTS) is 1. The van der Waals surface area contributed by atoms with E-state index >= 15 is 0 Å². The highest BCUT2D eigenvalue weighted by atomic mass is 32.2. The Morgan fingerprint density at radius 2 is 1.86 bits per heavy atom. The van der Waals surface area contributed by atoms with Crippen molar-refractivity contribution in [3.8, 4) is 0 Å². The number of hydrogen-bond acceptors (Lipinski definition) is 4. The summed E-state index contributed by atoms with van der Waals surface area (Å²) in [5, 5.41) is 18.6. The number of carbonyl (C=O) groups is 2. The van der Waals surface area contributed by atoms with Crippen LogP contribution in [0.3, 0.4) is 0 Å². The molecule has 0 aliphatic carbocycles. The minimum Gasteiger partial charge on any atom is -0.479 e. The summed E-state index contributed by atoms with van der Waals surface area (Å²) < 4.78 is 21.4. The van der Waals surface area contributed by atoms with Crippen molar-refractivity contribution in [2.75, 3.05) is 12.3 Å². The predicted octanol–water partition coefficient (Wildman–Crippen LogP) is -0.210. The van der Waals surface area contributed by atoms with E-state index in [0.717, 1.165) is 0 Å². The average molecular weight is 315 g/mol. The minimum absolute atomic E-state index is 0.0728. The Morgan fingerprint density at radius 1 is 1.24 bits per heavy atom. The van der Waals surface area contributed by atoms with Gasteiger partial charge in [0.15, 0.2) is 6.04 Å². The van der Waals surface area contributed by atoms with Gasteiger partial charge >= 0.3 is 12.0 Å². The van der Waals surface area contributed by atoms with E-state index in [2.05, 4.69) is 10.6 Å². The second kappa shape index (κ2) is 7.60. The fourth-order valence-electron chi connectivity index (χ4n) is 1.59. The van der Waals surface area contributed by atoms with Crippen LogP contribution in [0.5, 0.6) is 0 Å². The van der Waals surface area contributed by atoms with Crippen LogP contribution in [0.1, 0.15) is 18.0 Å². The normalized spacial score (nSPS) is 12.4. The van der Waals surface area contributed by atoms with Crippen molar-refractivity contribution >= 4 is 22.0 Å². The molecule has 0 saturated carbocycles. The van der Waals surface area contributed by atoms with Gasteiger partial charge in [-0.2, -0.15) is 0 Å². The van der Waals surface area contributed by atoms with Gasteiger partial charge in [-0.15, -0.1) is 0 Å². The lowest BCUT2D eigenvalue weighted by molar-refractivity contribution is -0.139. The van der Waals surface area contributed by atoms with Crippen LogP contribution in [-0.4, -0.2) is 37.8 Å².